The second kappa shape index (κ2) is 11.0. The maximum absolute atomic E-state index is 13.1. The fourth-order valence-corrected chi connectivity index (χ4v) is 4.14. The van der Waals surface area contributed by atoms with Crippen LogP contribution in [0.5, 0.6) is 11.5 Å². The highest BCUT2D eigenvalue weighted by Gasteiger charge is 2.21. The minimum absolute atomic E-state index is 0.0609. The van der Waals surface area contributed by atoms with Gasteiger partial charge in [0, 0.05) is 49.4 Å². The van der Waals surface area contributed by atoms with E-state index in [1.807, 2.05) is 29.2 Å². The van der Waals surface area contributed by atoms with Crippen LogP contribution in [0.15, 0.2) is 66.7 Å². The zero-order chi connectivity index (χ0) is 24.8. The number of hydrogen-bond acceptors (Lipinski definition) is 6. The van der Waals surface area contributed by atoms with E-state index in [1.165, 1.54) is 18.2 Å². The van der Waals surface area contributed by atoms with Crippen LogP contribution >= 0.6 is 11.6 Å². The molecular weight excluding hydrogens is 468 g/mol. The summed E-state index contributed by atoms with van der Waals surface area (Å²) in [6.45, 7) is 3.70. The van der Waals surface area contributed by atoms with Gasteiger partial charge < -0.3 is 9.64 Å². The van der Waals surface area contributed by atoms with Crippen LogP contribution < -0.4 is 4.74 Å². The van der Waals surface area contributed by atoms with Crippen LogP contribution in [0.1, 0.15) is 27.9 Å². The van der Waals surface area contributed by atoms with E-state index in [2.05, 4.69) is 11.0 Å². The van der Waals surface area contributed by atoms with Gasteiger partial charge >= 0.3 is 5.69 Å². The van der Waals surface area contributed by atoms with Gasteiger partial charge in [-0.3, -0.25) is 19.8 Å². The van der Waals surface area contributed by atoms with E-state index < -0.39 is 4.92 Å². The molecule has 0 bridgehead atoms. The van der Waals surface area contributed by atoms with Crippen LogP contribution in [0.4, 0.5) is 5.69 Å². The number of amides is 1. The Kier molecular flexibility index (Phi) is 7.60. The Morgan fingerprint density at radius 2 is 1.77 bits per heavy atom. The van der Waals surface area contributed by atoms with E-state index >= 15 is 0 Å². The molecule has 8 nitrogen and oxygen atoms in total. The van der Waals surface area contributed by atoms with E-state index in [4.69, 9.17) is 21.6 Å². The number of nitro benzene ring substituents is 1. The molecule has 1 aliphatic heterocycles. The van der Waals surface area contributed by atoms with Crippen molar-refractivity contribution in [3.05, 3.63) is 98.6 Å². The number of halogens is 1. The number of carbonyl (C=O) groups excluding carboxylic acids is 1. The molecule has 1 saturated heterocycles. The Morgan fingerprint density at radius 3 is 2.46 bits per heavy atom. The van der Waals surface area contributed by atoms with E-state index in [0.29, 0.717) is 30.0 Å². The molecule has 0 N–H and O–H groups in total. The summed E-state index contributed by atoms with van der Waals surface area (Å²) < 4.78 is 5.66. The Hall–Kier alpha value is -3.93. The van der Waals surface area contributed by atoms with Gasteiger partial charge in [0.1, 0.15) is 5.75 Å². The first kappa shape index (κ1) is 24.2. The van der Waals surface area contributed by atoms with Crippen molar-refractivity contribution in [2.45, 2.75) is 13.0 Å². The lowest BCUT2D eigenvalue weighted by Crippen LogP contribution is -2.35. The zero-order valence-corrected chi connectivity index (χ0v) is 19.6. The predicted molar refractivity (Wildman–Crippen MR) is 132 cm³/mol. The van der Waals surface area contributed by atoms with Crippen molar-refractivity contribution >= 4 is 23.2 Å². The lowest BCUT2D eigenvalue weighted by atomic mass is 10.1. The van der Waals surface area contributed by atoms with Crippen molar-refractivity contribution in [2.75, 3.05) is 26.2 Å². The summed E-state index contributed by atoms with van der Waals surface area (Å²) in [5, 5.41) is 20.5. The summed E-state index contributed by atoms with van der Waals surface area (Å²) in [5.41, 5.74) is 2.08. The van der Waals surface area contributed by atoms with Crippen LogP contribution in [0.3, 0.4) is 0 Å². The maximum atomic E-state index is 13.1. The lowest BCUT2D eigenvalue weighted by Gasteiger charge is -2.22. The number of nitro groups is 1. The molecule has 0 aromatic heterocycles. The van der Waals surface area contributed by atoms with Crippen LogP contribution in [0.2, 0.25) is 5.02 Å². The number of rotatable bonds is 6. The highest BCUT2D eigenvalue weighted by molar-refractivity contribution is 6.30. The van der Waals surface area contributed by atoms with Gasteiger partial charge in [0.15, 0.2) is 0 Å². The molecule has 4 rings (SSSR count). The summed E-state index contributed by atoms with van der Waals surface area (Å²) >= 11 is 5.85. The first-order valence-electron chi connectivity index (χ1n) is 11.2. The molecule has 1 amide bonds. The third-order valence-corrected chi connectivity index (χ3v) is 6.05. The van der Waals surface area contributed by atoms with Gasteiger partial charge in [0.2, 0.25) is 5.75 Å². The van der Waals surface area contributed by atoms with Gasteiger partial charge in [-0.25, -0.2) is 0 Å². The Balaban J connectivity index is 1.36. The minimum atomic E-state index is -0.552. The second-order valence-electron chi connectivity index (χ2n) is 8.23. The molecule has 0 unspecified atom stereocenters. The molecule has 0 saturated carbocycles. The molecule has 0 atom stereocenters. The highest BCUT2D eigenvalue weighted by Crippen LogP contribution is 2.33. The average molecular weight is 491 g/mol. The minimum Gasteiger partial charge on any atom is -0.450 e. The molecule has 9 heteroatoms. The molecule has 0 radical (unpaired) electrons. The van der Waals surface area contributed by atoms with Crippen molar-refractivity contribution in [3.63, 3.8) is 0 Å². The normalized spacial score (nSPS) is 14.1. The van der Waals surface area contributed by atoms with E-state index in [-0.39, 0.29) is 22.4 Å². The largest absolute Gasteiger partial charge is 0.450 e. The van der Waals surface area contributed by atoms with Gasteiger partial charge in [-0.05, 0) is 60.5 Å². The number of ether oxygens (including phenoxy) is 1. The van der Waals surface area contributed by atoms with Crippen LogP contribution in [0, 0.1) is 21.4 Å². The second-order valence-corrected chi connectivity index (χ2v) is 8.66. The third kappa shape index (κ3) is 6.15. The van der Waals surface area contributed by atoms with Crippen molar-refractivity contribution in [2.24, 2.45) is 0 Å². The van der Waals surface area contributed by atoms with Gasteiger partial charge in [-0.1, -0.05) is 23.7 Å². The van der Waals surface area contributed by atoms with E-state index in [1.54, 1.807) is 24.3 Å². The molecule has 0 aliphatic carbocycles. The van der Waals surface area contributed by atoms with Crippen LogP contribution in [-0.4, -0.2) is 46.8 Å². The highest BCUT2D eigenvalue weighted by atomic mass is 35.5. The third-order valence-electron chi connectivity index (χ3n) is 5.81. The molecule has 1 aliphatic rings. The number of nitrogens with zero attached hydrogens (tertiary/aromatic N) is 4. The molecular formula is C26H23ClN4O4. The quantitative estimate of drug-likeness (QED) is 0.345. The molecule has 3 aromatic rings. The molecule has 178 valence electrons. The fourth-order valence-electron chi connectivity index (χ4n) is 3.97. The monoisotopic (exact) mass is 490 g/mol. The Morgan fingerprint density at radius 1 is 1.03 bits per heavy atom. The Labute approximate surface area is 208 Å². The van der Waals surface area contributed by atoms with Gasteiger partial charge in [-0.2, -0.15) is 5.26 Å². The summed E-state index contributed by atoms with van der Waals surface area (Å²) in [4.78, 5) is 27.9. The topological polar surface area (TPSA) is 99.7 Å². The molecule has 0 spiro atoms. The van der Waals surface area contributed by atoms with Gasteiger partial charge in [-0.15, -0.1) is 0 Å². The number of nitriles is 1. The first-order valence-corrected chi connectivity index (χ1v) is 11.5. The average Bonchev–Trinajstić information content (AvgIpc) is 3.11. The Bertz CT molecular complexity index is 1260. The number of benzene rings is 3. The van der Waals surface area contributed by atoms with Crippen molar-refractivity contribution in [3.8, 4) is 17.6 Å². The number of hydrogen-bond donors (Lipinski definition) is 0. The molecule has 35 heavy (non-hydrogen) atoms. The number of carbonyl (C=O) groups is 1. The zero-order valence-electron chi connectivity index (χ0n) is 18.9. The van der Waals surface area contributed by atoms with E-state index in [0.717, 1.165) is 31.6 Å². The summed E-state index contributed by atoms with van der Waals surface area (Å²) in [6, 6.07) is 20.5. The fraction of sp³-hybridized carbons (Fsp3) is 0.231. The van der Waals surface area contributed by atoms with Crippen LogP contribution in [-0.2, 0) is 6.54 Å². The first-order chi connectivity index (χ1) is 16.9. The maximum Gasteiger partial charge on any atom is 0.313 e. The van der Waals surface area contributed by atoms with Crippen molar-refractivity contribution in [1.82, 2.24) is 9.80 Å². The predicted octanol–water partition coefficient (Wildman–Crippen LogP) is 5.26. The molecule has 1 heterocycles. The smallest absolute Gasteiger partial charge is 0.313 e. The van der Waals surface area contributed by atoms with Crippen LogP contribution in [0.25, 0.3) is 0 Å². The molecule has 1 fully saturated rings. The summed E-state index contributed by atoms with van der Waals surface area (Å²) in [6.07, 6.45) is 0.865. The summed E-state index contributed by atoms with van der Waals surface area (Å²) in [7, 11) is 0. The van der Waals surface area contributed by atoms with Crippen molar-refractivity contribution < 1.29 is 14.5 Å². The summed E-state index contributed by atoms with van der Waals surface area (Å²) in [5.74, 6) is 0.402. The van der Waals surface area contributed by atoms with E-state index in [9.17, 15) is 14.9 Å². The standard InChI is InChI=1S/C26H23ClN4O4/c27-22-8-11-25(24(16-22)31(33)34)35-23-9-6-21(7-10-23)26(32)30-13-1-12-29(14-15-30)18-20-4-2-19(17-28)3-5-20/h2-11,16H,1,12-15,18H2. The SMILES string of the molecule is N#Cc1ccc(CN2CCCN(C(=O)c3ccc(Oc4ccc(Cl)cc4[N+](=O)[O-])cc3)CC2)cc1. The van der Waals surface area contributed by atoms with Gasteiger partial charge in [0.25, 0.3) is 5.91 Å². The molecule has 3 aromatic carbocycles. The lowest BCUT2D eigenvalue weighted by molar-refractivity contribution is -0.385. The van der Waals surface area contributed by atoms with Crippen molar-refractivity contribution in [1.29, 1.82) is 5.26 Å². The van der Waals surface area contributed by atoms with Gasteiger partial charge in [0.05, 0.1) is 16.6 Å².